The number of rotatable bonds is 4. The van der Waals surface area contributed by atoms with Gasteiger partial charge in [0.25, 0.3) is 5.91 Å². The van der Waals surface area contributed by atoms with E-state index in [0.29, 0.717) is 23.2 Å². The largest absolute Gasteiger partial charge is 0.354 e. The van der Waals surface area contributed by atoms with Gasteiger partial charge < -0.3 is 15.2 Å². The van der Waals surface area contributed by atoms with E-state index >= 15 is 0 Å². The zero-order chi connectivity index (χ0) is 16.4. The molecule has 0 aliphatic carbocycles. The molecule has 0 bridgehead atoms. The van der Waals surface area contributed by atoms with E-state index in [1.54, 1.807) is 16.7 Å². The maximum Gasteiger partial charge on any atom is 0.271 e. The van der Waals surface area contributed by atoms with Crippen LogP contribution in [0, 0.1) is 19.8 Å². The van der Waals surface area contributed by atoms with Crippen LogP contribution >= 0.6 is 11.8 Å². The van der Waals surface area contributed by atoms with Crippen molar-refractivity contribution in [1.82, 2.24) is 15.2 Å². The van der Waals surface area contributed by atoms with E-state index in [4.69, 9.17) is 0 Å². The van der Waals surface area contributed by atoms with Gasteiger partial charge in [0, 0.05) is 17.5 Å². The summed E-state index contributed by atoms with van der Waals surface area (Å²) in [5.41, 5.74) is 2.48. The Morgan fingerprint density at radius 3 is 2.59 bits per heavy atom. The molecule has 122 valence electrons. The summed E-state index contributed by atoms with van der Waals surface area (Å²) in [5, 5.41) is 3.02. The first-order chi connectivity index (χ1) is 10.3. The zero-order valence-electron chi connectivity index (χ0n) is 13.9. The fourth-order valence-electron chi connectivity index (χ4n) is 2.44. The minimum absolute atomic E-state index is 0.0551. The van der Waals surface area contributed by atoms with Gasteiger partial charge in [0.05, 0.1) is 5.88 Å². The molecule has 0 saturated carbocycles. The second-order valence-corrected chi connectivity index (χ2v) is 7.34. The van der Waals surface area contributed by atoms with Gasteiger partial charge in [-0.1, -0.05) is 13.8 Å². The Labute approximate surface area is 136 Å². The molecule has 2 atom stereocenters. The lowest BCUT2D eigenvalue weighted by atomic mass is 10.1. The molecule has 1 saturated heterocycles. The van der Waals surface area contributed by atoms with Gasteiger partial charge in [-0.2, -0.15) is 0 Å². The summed E-state index contributed by atoms with van der Waals surface area (Å²) in [6, 6.07) is 1.66. The molecule has 5 nitrogen and oxygen atoms in total. The van der Waals surface area contributed by atoms with E-state index in [2.05, 4.69) is 24.1 Å². The standard InChI is InChI=1S/C16H25N3O2S/c1-9(2)12(5)18-15(20)13-7-22-8-19(13)16(21)14-10(3)6-11(4)17-14/h6,9,12-13,17H,7-8H2,1-5H3,(H,18,20)/t12-,13-/m1/s1. The number of nitrogens with zero attached hydrogens (tertiary/aromatic N) is 1. The Hall–Kier alpha value is -1.43. The summed E-state index contributed by atoms with van der Waals surface area (Å²) in [7, 11) is 0. The fourth-order valence-corrected chi connectivity index (χ4v) is 3.60. The van der Waals surface area contributed by atoms with Crippen LogP contribution in [0.1, 0.15) is 42.5 Å². The van der Waals surface area contributed by atoms with Crippen LogP contribution in [0.5, 0.6) is 0 Å². The number of aromatic nitrogens is 1. The van der Waals surface area contributed by atoms with Crippen LogP contribution in [-0.2, 0) is 4.79 Å². The van der Waals surface area contributed by atoms with Gasteiger partial charge in [0.15, 0.2) is 0 Å². The van der Waals surface area contributed by atoms with Crippen LogP contribution in [0.25, 0.3) is 0 Å². The highest BCUT2D eigenvalue weighted by Gasteiger charge is 2.36. The van der Waals surface area contributed by atoms with Crippen molar-refractivity contribution in [2.24, 2.45) is 5.92 Å². The minimum Gasteiger partial charge on any atom is -0.354 e. The number of hydrogen-bond acceptors (Lipinski definition) is 3. The van der Waals surface area contributed by atoms with Gasteiger partial charge in [-0.05, 0) is 38.3 Å². The molecule has 0 unspecified atom stereocenters. The molecular weight excluding hydrogens is 298 g/mol. The quantitative estimate of drug-likeness (QED) is 0.893. The third kappa shape index (κ3) is 3.48. The Morgan fingerprint density at radius 2 is 2.05 bits per heavy atom. The highest BCUT2D eigenvalue weighted by Crippen LogP contribution is 2.24. The summed E-state index contributed by atoms with van der Waals surface area (Å²) in [6.45, 7) is 9.98. The Kier molecular flexibility index (Phi) is 5.21. The van der Waals surface area contributed by atoms with Crippen LogP contribution in [0.4, 0.5) is 0 Å². The van der Waals surface area contributed by atoms with Gasteiger partial charge in [-0.3, -0.25) is 9.59 Å². The number of aromatic amines is 1. The second-order valence-electron chi connectivity index (χ2n) is 6.34. The highest BCUT2D eigenvalue weighted by atomic mass is 32.2. The van der Waals surface area contributed by atoms with Crippen molar-refractivity contribution >= 4 is 23.6 Å². The molecule has 1 aromatic rings. The van der Waals surface area contributed by atoms with Gasteiger partial charge >= 0.3 is 0 Å². The number of aryl methyl sites for hydroxylation is 2. The molecule has 6 heteroatoms. The summed E-state index contributed by atoms with van der Waals surface area (Å²) >= 11 is 1.62. The van der Waals surface area contributed by atoms with Crippen molar-refractivity contribution in [2.75, 3.05) is 11.6 Å². The van der Waals surface area contributed by atoms with E-state index in [-0.39, 0.29) is 23.9 Å². The summed E-state index contributed by atoms with van der Waals surface area (Å²) < 4.78 is 0. The first-order valence-electron chi connectivity index (χ1n) is 7.66. The van der Waals surface area contributed by atoms with Crippen LogP contribution < -0.4 is 5.32 Å². The number of carbonyl (C=O) groups excluding carboxylic acids is 2. The van der Waals surface area contributed by atoms with Gasteiger partial charge in [0.1, 0.15) is 11.7 Å². The third-order valence-corrected chi connectivity index (χ3v) is 5.19. The first kappa shape index (κ1) is 16.9. The van der Waals surface area contributed by atoms with E-state index in [1.165, 1.54) is 0 Å². The number of amides is 2. The van der Waals surface area contributed by atoms with E-state index in [1.807, 2.05) is 26.8 Å². The van der Waals surface area contributed by atoms with Crippen molar-refractivity contribution < 1.29 is 9.59 Å². The maximum absolute atomic E-state index is 12.7. The molecule has 2 N–H and O–H groups in total. The number of H-pyrrole nitrogens is 1. The van der Waals surface area contributed by atoms with Gasteiger partial charge in [-0.25, -0.2) is 0 Å². The number of nitrogens with one attached hydrogen (secondary N) is 2. The first-order valence-corrected chi connectivity index (χ1v) is 8.82. The van der Waals surface area contributed by atoms with Gasteiger partial charge in [0.2, 0.25) is 5.91 Å². The average Bonchev–Trinajstić information content (AvgIpc) is 3.04. The minimum atomic E-state index is -0.387. The molecule has 1 aliphatic heterocycles. The predicted octanol–water partition coefficient (Wildman–Crippen LogP) is 2.31. The second kappa shape index (κ2) is 6.77. The number of thioether (sulfide) groups is 1. The molecule has 1 aliphatic rings. The topological polar surface area (TPSA) is 65.2 Å². The predicted molar refractivity (Wildman–Crippen MR) is 90.0 cm³/mol. The molecule has 22 heavy (non-hydrogen) atoms. The van der Waals surface area contributed by atoms with Gasteiger partial charge in [-0.15, -0.1) is 11.8 Å². The number of carbonyl (C=O) groups is 2. The third-order valence-electron chi connectivity index (χ3n) is 4.18. The normalized spacial score (nSPS) is 19.5. The lowest BCUT2D eigenvalue weighted by molar-refractivity contribution is -0.125. The summed E-state index contributed by atoms with van der Waals surface area (Å²) in [6.07, 6.45) is 0. The van der Waals surface area contributed by atoms with Crippen molar-refractivity contribution in [1.29, 1.82) is 0 Å². The fraction of sp³-hybridized carbons (Fsp3) is 0.625. The smallest absolute Gasteiger partial charge is 0.271 e. The van der Waals surface area contributed by atoms with Crippen LogP contribution in [0.2, 0.25) is 0 Å². The molecule has 2 rings (SSSR count). The van der Waals surface area contributed by atoms with Crippen molar-refractivity contribution in [3.63, 3.8) is 0 Å². The average molecular weight is 323 g/mol. The monoisotopic (exact) mass is 323 g/mol. The number of hydrogen-bond donors (Lipinski definition) is 2. The SMILES string of the molecule is Cc1cc(C)c(C(=O)N2CSC[C@@H]2C(=O)N[C@H](C)C(C)C)[nH]1. The Balaban J connectivity index is 2.12. The zero-order valence-corrected chi connectivity index (χ0v) is 14.7. The van der Waals surface area contributed by atoms with E-state index in [0.717, 1.165) is 11.3 Å². The highest BCUT2D eigenvalue weighted by molar-refractivity contribution is 7.99. The van der Waals surface area contributed by atoms with Crippen molar-refractivity contribution in [2.45, 2.75) is 46.7 Å². The maximum atomic E-state index is 12.7. The molecule has 2 heterocycles. The molecule has 0 radical (unpaired) electrons. The summed E-state index contributed by atoms with van der Waals surface area (Å²) in [5.74, 6) is 1.44. The van der Waals surface area contributed by atoms with Crippen molar-refractivity contribution in [3.8, 4) is 0 Å². The Morgan fingerprint density at radius 1 is 1.36 bits per heavy atom. The van der Waals surface area contributed by atoms with E-state index in [9.17, 15) is 9.59 Å². The lowest BCUT2D eigenvalue weighted by Crippen LogP contribution is -2.50. The van der Waals surface area contributed by atoms with Crippen LogP contribution in [-0.4, -0.2) is 45.4 Å². The van der Waals surface area contributed by atoms with Crippen LogP contribution in [0.3, 0.4) is 0 Å². The lowest BCUT2D eigenvalue weighted by Gasteiger charge is -2.25. The molecular formula is C16H25N3O2S. The molecule has 0 aromatic carbocycles. The van der Waals surface area contributed by atoms with Crippen molar-refractivity contribution in [3.05, 3.63) is 23.0 Å². The summed E-state index contributed by atoms with van der Waals surface area (Å²) in [4.78, 5) is 30.0. The molecule has 1 aromatic heterocycles. The molecule has 2 amide bonds. The molecule has 1 fully saturated rings. The van der Waals surface area contributed by atoms with E-state index < -0.39 is 0 Å². The van der Waals surface area contributed by atoms with Crippen LogP contribution in [0.15, 0.2) is 6.07 Å². The molecule has 0 spiro atoms. The Bertz CT molecular complexity index is 568.